The van der Waals surface area contributed by atoms with E-state index in [-0.39, 0.29) is 11.3 Å². The Balaban J connectivity index is 2.18. The van der Waals surface area contributed by atoms with Crippen molar-refractivity contribution in [2.24, 2.45) is 0 Å². The first-order chi connectivity index (χ1) is 7.66. The lowest BCUT2D eigenvalue weighted by Gasteiger charge is -2.03. The molecule has 1 heterocycles. The van der Waals surface area contributed by atoms with E-state index in [4.69, 9.17) is 5.73 Å². The zero-order valence-corrected chi connectivity index (χ0v) is 8.27. The summed E-state index contributed by atoms with van der Waals surface area (Å²) in [6.45, 7) is 0. The molecule has 0 saturated carbocycles. The normalized spacial score (nSPS) is 10.0. The molecule has 16 heavy (non-hydrogen) atoms. The number of carbonyl (C=O) groups excluding carboxylic acids is 1. The Morgan fingerprint density at radius 2 is 2.19 bits per heavy atom. The average molecular weight is 218 g/mol. The third-order valence-corrected chi connectivity index (χ3v) is 1.99. The summed E-state index contributed by atoms with van der Waals surface area (Å²) in [5, 5.41) is 18.2. The van der Waals surface area contributed by atoms with Gasteiger partial charge in [-0.1, -0.05) is 12.1 Å². The Morgan fingerprint density at radius 1 is 1.44 bits per heavy atom. The molecule has 1 aromatic heterocycles. The van der Waals surface area contributed by atoms with E-state index in [1.54, 1.807) is 12.1 Å². The van der Waals surface area contributed by atoms with Crippen LogP contribution in [0.4, 0.5) is 11.6 Å². The highest BCUT2D eigenvalue weighted by Crippen LogP contribution is 2.17. The standard InChI is InChI=1S/C10H10N4O2/c11-8-5-9(14-13-8)12-10(16)6-3-1-2-4-7(6)15/h1-5,15H,(H4,11,12,13,14,16). The van der Waals surface area contributed by atoms with Crippen LogP contribution < -0.4 is 11.1 Å². The molecule has 0 saturated heterocycles. The summed E-state index contributed by atoms with van der Waals surface area (Å²) in [6, 6.07) is 7.73. The number of nitrogens with zero attached hydrogens (tertiary/aromatic N) is 1. The van der Waals surface area contributed by atoms with Gasteiger partial charge in [0, 0.05) is 6.07 Å². The van der Waals surface area contributed by atoms with Gasteiger partial charge in [-0.3, -0.25) is 9.89 Å². The number of phenols is 1. The predicted octanol–water partition coefficient (Wildman–Crippen LogP) is 0.950. The van der Waals surface area contributed by atoms with E-state index in [0.29, 0.717) is 11.6 Å². The maximum absolute atomic E-state index is 11.7. The second-order valence-electron chi connectivity index (χ2n) is 3.18. The number of nitrogens with two attached hydrogens (primary N) is 1. The lowest BCUT2D eigenvalue weighted by Crippen LogP contribution is -2.12. The van der Waals surface area contributed by atoms with E-state index < -0.39 is 5.91 Å². The zero-order valence-electron chi connectivity index (χ0n) is 8.27. The second-order valence-corrected chi connectivity index (χ2v) is 3.18. The van der Waals surface area contributed by atoms with Crippen LogP contribution in [0.3, 0.4) is 0 Å². The Bertz CT molecular complexity index is 521. The summed E-state index contributed by atoms with van der Waals surface area (Å²) >= 11 is 0. The van der Waals surface area contributed by atoms with Gasteiger partial charge in [0.05, 0.1) is 5.56 Å². The molecule has 1 amide bonds. The lowest BCUT2D eigenvalue weighted by atomic mass is 10.2. The Hall–Kier alpha value is -2.50. The van der Waals surface area contributed by atoms with E-state index in [1.165, 1.54) is 18.2 Å². The van der Waals surface area contributed by atoms with Crippen LogP contribution in [-0.2, 0) is 0 Å². The summed E-state index contributed by atoms with van der Waals surface area (Å²) < 4.78 is 0. The van der Waals surface area contributed by atoms with Crippen LogP contribution >= 0.6 is 0 Å². The van der Waals surface area contributed by atoms with Crippen molar-refractivity contribution in [2.75, 3.05) is 11.1 Å². The van der Waals surface area contributed by atoms with Crippen LogP contribution in [-0.4, -0.2) is 21.2 Å². The first-order valence-electron chi connectivity index (χ1n) is 4.57. The number of rotatable bonds is 2. The van der Waals surface area contributed by atoms with Gasteiger partial charge in [-0.2, -0.15) is 5.10 Å². The van der Waals surface area contributed by atoms with E-state index >= 15 is 0 Å². The van der Waals surface area contributed by atoms with Gasteiger partial charge in [0.1, 0.15) is 11.6 Å². The van der Waals surface area contributed by atoms with Crippen LogP contribution in [0.1, 0.15) is 10.4 Å². The largest absolute Gasteiger partial charge is 0.507 e. The molecule has 0 unspecified atom stereocenters. The number of amides is 1. The molecule has 2 rings (SSSR count). The molecule has 1 aromatic carbocycles. The Labute approximate surface area is 91.1 Å². The zero-order chi connectivity index (χ0) is 11.5. The maximum Gasteiger partial charge on any atom is 0.260 e. The number of anilines is 2. The van der Waals surface area contributed by atoms with Crippen LogP contribution in [0.2, 0.25) is 0 Å². The first kappa shape index (κ1) is 10.0. The van der Waals surface area contributed by atoms with Crippen molar-refractivity contribution in [3.05, 3.63) is 35.9 Å². The minimum absolute atomic E-state index is 0.0801. The fourth-order valence-corrected chi connectivity index (χ4v) is 1.25. The number of carbonyl (C=O) groups is 1. The van der Waals surface area contributed by atoms with Crippen molar-refractivity contribution in [3.63, 3.8) is 0 Å². The number of phenolic OH excluding ortho intramolecular Hbond substituents is 1. The van der Waals surface area contributed by atoms with Crippen LogP contribution in [0.25, 0.3) is 0 Å². The number of hydrogen-bond acceptors (Lipinski definition) is 4. The quantitative estimate of drug-likeness (QED) is 0.602. The molecule has 0 atom stereocenters. The molecule has 0 fully saturated rings. The van der Waals surface area contributed by atoms with Gasteiger partial charge in [-0.25, -0.2) is 0 Å². The summed E-state index contributed by atoms with van der Waals surface area (Å²) in [5.74, 6) is 0.145. The number of para-hydroxylation sites is 1. The number of hydrogen-bond donors (Lipinski definition) is 4. The highest BCUT2D eigenvalue weighted by Gasteiger charge is 2.11. The summed E-state index contributed by atoms with van der Waals surface area (Å²) in [4.78, 5) is 11.7. The van der Waals surface area contributed by atoms with E-state index in [1.807, 2.05) is 0 Å². The topological polar surface area (TPSA) is 104 Å². The van der Waals surface area contributed by atoms with E-state index in [0.717, 1.165) is 0 Å². The third kappa shape index (κ3) is 1.95. The highest BCUT2D eigenvalue weighted by molar-refractivity contribution is 6.05. The predicted molar refractivity (Wildman–Crippen MR) is 59.1 cm³/mol. The minimum Gasteiger partial charge on any atom is -0.507 e. The lowest BCUT2D eigenvalue weighted by molar-refractivity contribution is 0.102. The van der Waals surface area contributed by atoms with Crippen LogP contribution in [0.5, 0.6) is 5.75 Å². The number of nitrogen functional groups attached to an aromatic ring is 1. The molecule has 5 N–H and O–H groups in total. The van der Waals surface area contributed by atoms with Crippen molar-refractivity contribution in [2.45, 2.75) is 0 Å². The SMILES string of the molecule is Nc1cc(NC(=O)c2ccccc2O)n[nH]1. The van der Waals surface area contributed by atoms with E-state index in [2.05, 4.69) is 15.5 Å². The number of benzene rings is 1. The molecule has 0 aliphatic heterocycles. The van der Waals surface area contributed by atoms with Gasteiger partial charge < -0.3 is 16.2 Å². The number of aromatic hydroxyl groups is 1. The Morgan fingerprint density at radius 3 is 2.81 bits per heavy atom. The van der Waals surface area contributed by atoms with Gasteiger partial charge in [-0.05, 0) is 12.1 Å². The smallest absolute Gasteiger partial charge is 0.260 e. The van der Waals surface area contributed by atoms with Crippen LogP contribution in [0, 0.1) is 0 Å². The summed E-state index contributed by atoms with van der Waals surface area (Å²) in [5.41, 5.74) is 5.59. The number of aromatic amines is 1. The van der Waals surface area contributed by atoms with Gasteiger partial charge in [-0.15, -0.1) is 0 Å². The van der Waals surface area contributed by atoms with Crippen molar-refractivity contribution in [3.8, 4) is 5.75 Å². The molecule has 0 aliphatic carbocycles. The minimum atomic E-state index is -0.440. The molecule has 0 spiro atoms. The molecule has 82 valence electrons. The molecular formula is C10H10N4O2. The fraction of sp³-hybridized carbons (Fsp3) is 0. The van der Waals surface area contributed by atoms with Crippen LogP contribution in [0.15, 0.2) is 30.3 Å². The van der Waals surface area contributed by atoms with Gasteiger partial charge in [0.15, 0.2) is 5.82 Å². The van der Waals surface area contributed by atoms with Crippen molar-refractivity contribution >= 4 is 17.5 Å². The molecular weight excluding hydrogens is 208 g/mol. The summed E-state index contributed by atoms with van der Waals surface area (Å²) in [6.07, 6.45) is 0. The first-order valence-corrected chi connectivity index (χ1v) is 4.57. The average Bonchev–Trinajstić information content (AvgIpc) is 2.64. The third-order valence-electron chi connectivity index (χ3n) is 1.99. The molecule has 6 heteroatoms. The molecule has 2 aromatic rings. The second kappa shape index (κ2) is 3.93. The number of nitrogens with one attached hydrogen (secondary N) is 2. The van der Waals surface area contributed by atoms with Crippen molar-refractivity contribution < 1.29 is 9.90 Å². The van der Waals surface area contributed by atoms with E-state index in [9.17, 15) is 9.90 Å². The maximum atomic E-state index is 11.7. The fourth-order valence-electron chi connectivity index (χ4n) is 1.25. The molecule has 6 nitrogen and oxygen atoms in total. The number of H-pyrrole nitrogens is 1. The number of aromatic nitrogens is 2. The molecule has 0 aliphatic rings. The Kier molecular flexibility index (Phi) is 2.47. The van der Waals surface area contributed by atoms with Crippen molar-refractivity contribution in [1.82, 2.24) is 10.2 Å². The summed E-state index contributed by atoms with van der Waals surface area (Å²) in [7, 11) is 0. The highest BCUT2D eigenvalue weighted by atomic mass is 16.3. The molecule has 0 bridgehead atoms. The van der Waals surface area contributed by atoms with Crippen molar-refractivity contribution in [1.29, 1.82) is 0 Å². The molecule has 0 radical (unpaired) electrons. The monoisotopic (exact) mass is 218 g/mol. The van der Waals surface area contributed by atoms with Gasteiger partial charge in [0.2, 0.25) is 0 Å². The van der Waals surface area contributed by atoms with Gasteiger partial charge >= 0.3 is 0 Å². The van der Waals surface area contributed by atoms with Gasteiger partial charge in [0.25, 0.3) is 5.91 Å².